The highest BCUT2D eigenvalue weighted by Crippen LogP contribution is 2.13. The Labute approximate surface area is 115 Å². The lowest BCUT2D eigenvalue weighted by molar-refractivity contribution is 0.165. The first kappa shape index (κ1) is 15.8. The number of sulfonamides is 1. The molecule has 0 amide bonds. The fourth-order valence-electron chi connectivity index (χ4n) is 2.32. The van der Waals surface area contributed by atoms with Gasteiger partial charge in [0, 0.05) is 26.2 Å². The molecule has 18 heavy (non-hydrogen) atoms. The highest BCUT2D eigenvalue weighted by Gasteiger charge is 2.29. The van der Waals surface area contributed by atoms with Crippen LogP contribution >= 0.6 is 12.2 Å². The van der Waals surface area contributed by atoms with Crippen LogP contribution in [0.3, 0.4) is 0 Å². The van der Waals surface area contributed by atoms with Crippen LogP contribution in [0.1, 0.15) is 26.7 Å². The zero-order chi connectivity index (χ0) is 13.8. The van der Waals surface area contributed by atoms with Crippen LogP contribution in [0.15, 0.2) is 0 Å². The minimum atomic E-state index is -3.07. The first-order valence-corrected chi connectivity index (χ1v) is 8.45. The van der Waals surface area contributed by atoms with Gasteiger partial charge in [-0.1, -0.05) is 26.1 Å². The number of nitrogens with zero attached hydrogens (tertiary/aromatic N) is 2. The molecule has 0 bridgehead atoms. The Morgan fingerprint density at radius 3 is 2.22 bits per heavy atom. The molecule has 1 heterocycles. The number of rotatable bonds is 6. The highest BCUT2D eigenvalue weighted by atomic mass is 32.2. The highest BCUT2D eigenvalue weighted by molar-refractivity contribution is 7.89. The smallest absolute Gasteiger partial charge is 0.214 e. The number of piperazine rings is 1. The van der Waals surface area contributed by atoms with Crippen molar-refractivity contribution in [1.82, 2.24) is 9.21 Å². The third-order valence-corrected chi connectivity index (χ3v) is 5.63. The van der Waals surface area contributed by atoms with E-state index in [-0.39, 0.29) is 11.8 Å². The molecule has 0 spiro atoms. The van der Waals surface area contributed by atoms with E-state index < -0.39 is 10.0 Å². The summed E-state index contributed by atoms with van der Waals surface area (Å²) in [7, 11) is -3.07. The summed E-state index contributed by atoms with van der Waals surface area (Å²) < 4.78 is 25.4. The molecule has 1 aliphatic heterocycles. The van der Waals surface area contributed by atoms with Gasteiger partial charge in [-0.2, -0.15) is 4.31 Å². The topological polar surface area (TPSA) is 66.6 Å². The fourth-order valence-corrected chi connectivity index (χ4v) is 4.13. The van der Waals surface area contributed by atoms with Gasteiger partial charge in [0.25, 0.3) is 0 Å². The molecular weight excluding hydrogens is 270 g/mol. The molecule has 0 aromatic carbocycles. The lowest BCUT2D eigenvalue weighted by atomic mass is 10.1. The van der Waals surface area contributed by atoms with Crippen molar-refractivity contribution >= 4 is 27.2 Å². The van der Waals surface area contributed by atoms with Crippen LogP contribution in [0.4, 0.5) is 0 Å². The summed E-state index contributed by atoms with van der Waals surface area (Å²) in [5.74, 6) is 0.236. The molecule has 0 aromatic heterocycles. The van der Waals surface area contributed by atoms with Gasteiger partial charge >= 0.3 is 0 Å². The standard InChI is InChI=1S/C11H23N3O2S2/c1-3-9-18(15,16)14-7-5-13(6-8-14)10(4-2)11(12)17/h10H,3-9H2,1-2H3,(H2,12,17). The Hall–Kier alpha value is -0.240. The molecule has 1 atom stereocenters. The quantitative estimate of drug-likeness (QED) is 0.719. The largest absolute Gasteiger partial charge is 0.392 e. The van der Waals surface area contributed by atoms with Crippen molar-refractivity contribution in [3.8, 4) is 0 Å². The normalized spacial score (nSPS) is 20.8. The number of nitrogens with two attached hydrogens (primary N) is 1. The molecule has 1 rings (SSSR count). The molecule has 5 nitrogen and oxygen atoms in total. The first-order chi connectivity index (χ1) is 8.42. The Morgan fingerprint density at radius 1 is 1.28 bits per heavy atom. The van der Waals surface area contributed by atoms with Crippen molar-refractivity contribution in [2.45, 2.75) is 32.7 Å². The molecule has 106 valence electrons. The van der Waals surface area contributed by atoms with E-state index >= 15 is 0 Å². The fraction of sp³-hybridized carbons (Fsp3) is 0.909. The number of thiocarbonyl (C=S) groups is 1. The average molecular weight is 293 g/mol. The van der Waals surface area contributed by atoms with Gasteiger partial charge in [-0.05, 0) is 12.8 Å². The molecule has 1 fully saturated rings. The monoisotopic (exact) mass is 293 g/mol. The van der Waals surface area contributed by atoms with E-state index in [2.05, 4.69) is 4.90 Å². The Kier molecular flexibility index (Phi) is 5.97. The predicted molar refractivity (Wildman–Crippen MR) is 78.1 cm³/mol. The van der Waals surface area contributed by atoms with Crippen LogP contribution in [0.25, 0.3) is 0 Å². The summed E-state index contributed by atoms with van der Waals surface area (Å²) in [5, 5.41) is 0. The third kappa shape index (κ3) is 3.88. The van der Waals surface area contributed by atoms with E-state index in [9.17, 15) is 8.42 Å². The molecule has 0 saturated carbocycles. The van der Waals surface area contributed by atoms with Crippen LogP contribution in [0, 0.1) is 0 Å². The second-order valence-electron chi connectivity index (χ2n) is 4.58. The van der Waals surface area contributed by atoms with Crippen LogP contribution < -0.4 is 5.73 Å². The van der Waals surface area contributed by atoms with E-state index in [1.807, 2.05) is 13.8 Å². The Balaban J connectivity index is 2.58. The van der Waals surface area contributed by atoms with Crippen molar-refractivity contribution in [2.75, 3.05) is 31.9 Å². The van der Waals surface area contributed by atoms with Crippen LogP contribution in [-0.4, -0.2) is 60.6 Å². The molecular formula is C11H23N3O2S2. The zero-order valence-electron chi connectivity index (χ0n) is 11.1. The summed E-state index contributed by atoms with van der Waals surface area (Å²) in [5.41, 5.74) is 5.70. The van der Waals surface area contributed by atoms with Crippen LogP contribution in [0.2, 0.25) is 0 Å². The summed E-state index contributed by atoms with van der Waals surface area (Å²) >= 11 is 5.05. The van der Waals surface area contributed by atoms with E-state index in [0.29, 0.717) is 37.6 Å². The maximum absolute atomic E-state index is 11.9. The minimum absolute atomic E-state index is 0.0935. The number of hydrogen-bond donors (Lipinski definition) is 1. The third-order valence-electron chi connectivity index (χ3n) is 3.28. The SMILES string of the molecule is CCCS(=O)(=O)N1CCN(C(CC)C(N)=S)CC1. The molecule has 0 radical (unpaired) electrons. The molecule has 2 N–H and O–H groups in total. The first-order valence-electron chi connectivity index (χ1n) is 6.43. The molecule has 7 heteroatoms. The minimum Gasteiger partial charge on any atom is -0.392 e. The van der Waals surface area contributed by atoms with Crippen molar-refractivity contribution in [3.63, 3.8) is 0 Å². The zero-order valence-corrected chi connectivity index (χ0v) is 12.8. The van der Waals surface area contributed by atoms with Gasteiger partial charge in [0.05, 0.1) is 16.8 Å². The van der Waals surface area contributed by atoms with Gasteiger partial charge in [-0.3, -0.25) is 4.90 Å². The molecule has 1 saturated heterocycles. The van der Waals surface area contributed by atoms with Gasteiger partial charge in [0.15, 0.2) is 0 Å². The van der Waals surface area contributed by atoms with E-state index in [0.717, 1.165) is 6.42 Å². The Bertz CT molecular complexity index is 376. The van der Waals surface area contributed by atoms with Gasteiger partial charge < -0.3 is 5.73 Å². The Morgan fingerprint density at radius 2 is 1.83 bits per heavy atom. The molecule has 0 aromatic rings. The lowest BCUT2D eigenvalue weighted by Crippen LogP contribution is -2.54. The van der Waals surface area contributed by atoms with Gasteiger partial charge in [0.1, 0.15) is 0 Å². The maximum Gasteiger partial charge on any atom is 0.214 e. The van der Waals surface area contributed by atoms with E-state index in [1.54, 1.807) is 4.31 Å². The van der Waals surface area contributed by atoms with E-state index in [1.165, 1.54) is 0 Å². The van der Waals surface area contributed by atoms with Crippen molar-refractivity contribution in [3.05, 3.63) is 0 Å². The second-order valence-corrected chi connectivity index (χ2v) is 7.14. The average Bonchev–Trinajstić information content (AvgIpc) is 2.30. The van der Waals surface area contributed by atoms with Crippen molar-refractivity contribution in [1.29, 1.82) is 0 Å². The van der Waals surface area contributed by atoms with Gasteiger partial charge in [-0.25, -0.2) is 8.42 Å². The second kappa shape index (κ2) is 6.79. The molecule has 1 aliphatic rings. The van der Waals surface area contributed by atoms with E-state index in [4.69, 9.17) is 18.0 Å². The van der Waals surface area contributed by atoms with Crippen LogP contribution in [0.5, 0.6) is 0 Å². The predicted octanol–water partition coefficient (Wildman–Crippen LogP) is 0.409. The van der Waals surface area contributed by atoms with Gasteiger partial charge in [0.2, 0.25) is 10.0 Å². The summed E-state index contributed by atoms with van der Waals surface area (Å²) in [4.78, 5) is 2.68. The lowest BCUT2D eigenvalue weighted by Gasteiger charge is -2.38. The molecule has 0 aliphatic carbocycles. The maximum atomic E-state index is 11.9. The summed E-state index contributed by atoms with van der Waals surface area (Å²) in [6.07, 6.45) is 1.53. The number of hydrogen-bond acceptors (Lipinski definition) is 4. The van der Waals surface area contributed by atoms with Crippen molar-refractivity contribution < 1.29 is 8.42 Å². The van der Waals surface area contributed by atoms with Crippen LogP contribution in [-0.2, 0) is 10.0 Å². The molecule has 1 unspecified atom stereocenters. The summed E-state index contributed by atoms with van der Waals surface area (Å²) in [6, 6.07) is 0.0935. The summed E-state index contributed by atoms with van der Waals surface area (Å²) in [6.45, 7) is 6.43. The van der Waals surface area contributed by atoms with Crippen molar-refractivity contribution in [2.24, 2.45) is 5.73 Å². The van der Waals surface area contributed by atoms with Gasteiger partial charge in [-0.15, -0.1) is 0 Å².